The number of ether oxygens (including phenoxy) is 1. The Bertz CT molecular complexity index is 699. The van der Waals surface area contributed by atoms with Crippen molar-refractivity contribution in [3.63, 3.8) is 0 Å². The summed E-state index contributed by atoms with van der Waals surface area (Å²) in [7, 11) is 1.51. The number of carbonyl (C=O) groups excluding carboxylic acids is 1. The highest BCUT2D eigenvalue weighted by Gasteiger charge is 2.33. The molecule has 0 saturated carbocycles. The van der Waals surface area contributed by atoms with E-state index in [1.807, 2.05) is 0 Å². The van der Waals surface area contributed by atoms with Crippen LogP contribution >= 0.6 is 11.6 Å². The minimum absolute atomic E-state index is 0.134. The smallest absolute Gasteiger partial charge is 0.417 e. The van der Waals surface area contributed by atoms with Gasteiger partial charge in [0.25, 0.3) is 0 Å². The summed E-state index contributed by atoms with van der Waals surface area (Å²) in [6, 6.07) is 9.86. The molecular weight excluding hydrogens is 331 g/mol. The zero-order valence-electron chi connectivity index (χ0n) is 12.1. The monoisotopic (exact) mass is 343 g/mol. The lowest BCUT2D eigenvalue weighted by atomic mass is 10.1. The minimum atomic E-state index is -4.55. The van der Waals surface area contributed by atoms with Crippen LogP contribution < -0.4 is 10.1 Å². The second-order valence-corrected chi connectivity index (χ2v) is 5.10. The van der Waals surface area contributed by atoms with Crippen molar-refractivity contribution in [2.75, 3.05) is 19.0 Å². The molecule has 0 radical (unpaired) electrons. The van der Waals surface area contributed by atoms with Gasteiger partial charge in [-0.25, -0.2) is 0 Å². The number of methoxy groups -OCH3 is 1. The first-order valence-corrected chi connectivity index (χ1v) is 6.97. The van der Waals surface area contributed by atoms with E-state index < -0.39 is 11.7 Å². The first-order chi connectivity index (χ1) is 10.8. The van der Waals surface area contributed by atoms with Gasteiger partial charge in [-0.05, 0) is 42.5 Å². The molecule has 0 aliphatic heterocycles. The van der Waals surface area contributed by atoms with Crippen molar-refractivity contribution >= 4 is 23.1 Å². The van der Waals surface area contributed by atoms with Gasteiger partial charge in [0, 0.05) is 11.3 Å². The zero-order chi connectivity index (χ0) is 17.0. The van der Waals surface area contributed by atoms with Gasteiger partial charge >= 0.3 is 6.18 Å². The predicted octanol–water partition coefficient (Wildman–Crippen LogP) is 4.66. The Morgan fingerprint density at radius 2 is 1.83 bits per heavy atom. The fraction of sp³-hybridized carbons (Fsp3) is 0.188. The molecule has 23 heavy (non-hydrogen) atoms. The summed E-state index contributed by atoms with van der Waals surface area (Å²) in [6.45, 7) is -0.134. The molecule has 0 aromatic heterocycles. The quantitative estimate of drug-likeness (QED) is 0.802. The van der Waals surface area contributed by atoms with Crippen molar-refractivity contribution in [3.05, 3.63) is 58.6 Å². The molecule has 0 atom stereocenters. The normalized spacial score (nSPS) is 11.2. The number of anilines is 1. The molecule has 0 heterocycles. The Balaban J connectivity index is 2.06. The van der Waals surface area contributed by atoms with Gasteiger partial charge in [0.2, 0.25) is 0 Å². The lowest BCUT2D eigenvalue weighted by Crippen LogP contribution is -2.15. The Kier molecular flexibility index (Phi) is 5.15. The van der Waals surface area contributed by atoms with Crippen LogP contribution in [0.1, 0.15) is 15.9 Å². The Morgan fingerprint density at radius 1 is 1.17 bits per heavy atom. The second-order valence-electron chi connectivity index (χ2n) is 4.70. The molecule has 1 N–H and O–H groups in total. The Morgan fingerprint density at radius 3 is 2.39 bits per heavy atom. The number of benzene rings is 2. The summed E-state index contributed by atoms with van der Waals surface area (Å²) in [5, 5.41) is 2.29. The van der Waals surface area contributed by atoms with Crippen molar-refractivity contribution in [2.45, 2.75) is 6.18 Å². The highest BCUT2D eigenvalue weighted by Crippen LogP contribution is 2.36. The van der Waals surface area contributed by atoms with Crippen LogP contribution in [0.4, 0.5) is 18.9 Å². The lowest BCUT2D eigenvalue weighted by molar-refractivity contribution is -0.137. The van der Waals surface area contributed by atoms with Gasteiger partial charge in [0.15, 0.2) is 5.78 Å². The molecule has 0 aliphatic rings. The highest BCUT2D eigenvalue weighted by molar-refractivity contribution is 6.31. The SMILES string of the molecule is COc1ccc(C(=O)CNc2ccc(Cl)c(C(F)(F)F)c2)cc1. The molecule has 0 amide bonds. The maximum Gasteiger partial charge on any atom is 0.417 e. The van der Waals surface area contributed by atoms with E-state index in [9.17, 15) is 18.0 Å². The van der Waals surface area contributed by atoms with Crippen LogP contribution in [0.5, 0.6) is 5.75 Å². The lowest BCUT2D eigenvalue weighted by Gasteiger charge is -2.12. The molecule has 0 unspecified atom stereocenters. The van der Waals surface area contributed by atoms with Crippen molar-refractivity contribution in [1.29, 1.82) is 0 Å². The van der Waals surface area contributed by atoms with Gasteiger partial charge in [-0.15, -0.1) is 0 Å². The van der Waals surface area contributed by atoms with E-state index in [2.05, 4.69) is 5.32 Å². The van der Waals surface area contributed by atoms with Crippen LogP contribution in [0, 0.1) is 0 Å². The molecule has 7 heteroatoms. The molecule has 2 aromatic rings. The number of ketones is 1. The zero-order valence-corrected chi connectivity index (χ0v) is 12.8. The van der Waals surface area contributed by atoms with E-state index in [-0.39, 0.29) is 23.0 Å². The van der Waals surface area contributed by atoms with E-state index >= 15 is 0 Å². The van der Waals surface area contributed by atoms with Gasteiger partial charge in [-0.3, -0.25) is 4.79 Å². The number of nitrogens with one attached hydrogen (secondary N) is 1. The third-order valence-electron chi connectivity index (χ3n) is 3.14. The molecule has 0 bridgehead atoms. The largest absolute Gasteiger partial charge is 0.497 e. The standard InChI is InChI=1S/C16H13ClF3NO2/c1-23-12-5-2-10(3-6-12)15(22)9-21-11-4-7-14(17)13(8-11)16(18,19)20/h2-8,21H,9H2,1H3. The summed E-state index contributed by atoms with van der Waals surface area (Å²) in [5.41, 5.74) is -0.340. The third-order valence-corrected chi connectivity index (χ3v) is 3.47. The van der Waals surface area contributed by atoms with E-state index in [0.717, 1.165) is 12.1 Å². The molecule has 2 rings (SSSR count). The fourth-order valence-electron chi connectivity index (χ4n) is 1.91. The molecule has 122 valence electrons. The first-order valence-electron chi connectivity index (χ1n) is 6.59. The molecular formula is C16H13ClF3NO2. The van der Waals surface area contributed by atoms with Crippen LogP contribution in [-0.2, 0) is 6.18 Å². The number of hydrogen-bond donors (Lipinski definition) is 1. The Hall–Kier alpha value is -2.21. The van der Waals surface area contributed by atoms with Crippen molar-refractivity contribution in [2.24, 2.45) is 0 Å². The van der Waals surface area contributed by atoms with Crippen LogP contribution in [0.2, 0.25) is 5.02 Å². The molecule has 3 nitrogen and oxygen atoms in total. The number of carbonyl (C=O) groups is 1. The van der Waals surface area contributed by atoms with E-state index in [4.69, 9.17) is 16.3 Å². The van der Waals surface area contributed by atoms with Crippen LogP contribution in [0.3, 0.4) is 0 Å². The fourth-order valence-corrected chi connectivity index (χ4v) is 2.14. The number of rotatable bonds is 5. The Labute approximate surface area is 136 Å². The number of Topliss-reactive ketones (excluding diaryl/α,β-unsaturated/α-hetero) is 1. The summed E-state index contributed by atoms with van der Waals surface area (Å²) >= 11 is 5.54. The van der Waals surface area contributed by atoms with E-state index in [1.165, 1.54) is 13.2 Å². The number of hydrogen-bond acceptors (Lipinski definition) is 3. The van der Waals surface area contributed by atoms with Crippen molar-refractivity contribution in [1.82, 2.24) is 0 Å². The predicted molar refractivity (Wildman–Crippen MR) is 82.3 cm³/mol. The van der Waals surface area contributed by atoms with Crippen molar-refractivity contribution < 1.29 is 22.7 Å². The maximum atomic E-state index is 12.8. The molecule has 0 spiro atoms. The van der Waals surface area contributed by atoms with Gasteiger partial charge in [-0.1, -0.05) is 11.6 Å². The van der Waals surface area contributed by atoms with Gasteiger partial charge in [-0.2, -0.15) is 13.2 Å². The summed E-state index contributed by atoms with van der Waals surface area (Å²) < 4.78 is 43.3. The average molecular weight is 344 g/mol. The van der Waals surface area contributed by atoms with Gasteiger partial charge < -0.3 is 10.1 Å². The van der Waals surface area contributed by atoms with E-state index in [0.29, 0.717) is 11.3 Å². The van der Waals surface area contributed by atoms with Crippen molar-refractivity contribution in [3.8, 4) is 5.75 Å². The topological polar surface area (TPSA) is 38.3 Å². The third kappa shape index (κ3) is 4.39. The molecule has 0 saturated heterocycles. The maximum absolute atomic E-state index is 12.8. The van der Waals surface area contributed by atoms with Crippen LogP contribution in [0.25, 0.3) is 0 Å². The first kappa shape index (κ1) is 17.1. The van der Waals surface area contributed by atoms with E-state index in [1.54, 1.807) is 24.3 Å². The summed E-state index contributed by atoms with van der Waals surface area (Å²) in [5.74, 6) is 0.359. The summed E-state index contributed by atoms with van der Waals surface area (Å²) in [4.78, 5) is 12.0. The van der Waals surface area contributed by atoms with Gasteiger partial charge in [0.05, 0.1) is 24.2 Å². The molecule has 0 aliphatic carbocycles. The molecule has 0 fully saturated rings. The van der Waals surface area contributed by atoms with Gasteiger partial charge in [0.1, 0.15) is 5.75 Å². The minimum Gasteiger partial charge on any atom is -0.497 e. The van der Waals surface area contributed by atoms with Crippen LogP contribution in [0.15, 0.2) is 42.5 Å². The number of alkyl halides is 3. The second kappa shape index (κ2) is 6.91. The highest BCUT2D eigenvalue weighted by atomic mass is 35.5. The number of halogens is 4. The summed E-state index contributed by atoms with van der Waals surface area (Å²) in [6.07, 6.45) is -4.55. The van der Waals surface area contributed by atoms with Crippen LogP contribution in [-0.4, -0.2) is 19.4 Å². The average Bonchev–Trinajstić information content (AvgIpc) is 2.52. The molecule has 2 aromatic carbocycles.